The number of nitrogens with zero attached hydrogens (tertiary/aromatic N) is 3. The Kier molecular flexibility index (Phi) is 4.92. The molecule has 2 aliphatic heterocycles. The van der Waals surface area contributed by atoms with Crippen molar-refractivity contribution in [3.05, 3.63) is 64.7 Å². The zero-order valence-electron chi connectivity index (χ0n) is 17.4. The predicted octanol–water partition coefficient (Wildman–Crippen LogP) is 2.92. The number of H-pyrrole nitrogens is 1. The van der Waals surface area contributed by atoms with Crippen LogP contribution in [0.4, 0.5) is 4.79 Å². The second-order valence-corrected chi connectivity index (χ2v) is 7.66. The number of hydrogen-bond acceptors (Lipinski definition) is 7. The molecule has 0 unspecified atom stereocenters. The molecule has 1 aromatic heterocycles. The normalized spacial score (nSPS) is 18.1. The summed E-state index contributed by atoms with van der Waals surface area (Å²) in [4.78, 5) is 14.5. The summed E-state index contributed by atoms with van der Waals surface area (Å²) < 4.78 is 16.8. The van der Waals surface area contributed by atoms with E-state index in [0.29, 0.717) is 49.1 Å². The van der Waals surface area contributed by atoms with Crippen molar-refractivity contribution < 1.29 is 19.0 Å². The Labute approximate surface area is 184 Å². The van der Waals surface area contributed by atoms with E-state index in [1.807, 2.05) is 37.3 Å². The van der Waals surface area contributed by atoms with Crippen LogP contribution in [-0.4, -0.2) is 47.5 Å². The third-order valence-corrected chi connectivity index (χ3v) is 5.82. The van der Waals surface area contributed by atoms with Crippen LogP contribution in [0.5, 0.6) is 11.6 Å². The molecule has 0 bridgehead atoms. The van der Waals surface area contributed by atoms with E-state index in [1.165, 1.54) is 0 Å². The molecule has 1 amide bonds. The first-order chi connectivity index (χ1) is 15.6. The molecule has 2 aliphatic rings. The molecule has 1 saturated heterocycles. The Morgan fingerprint density at radius 2 is 2.03 bits per heavy atom. The largest absolute Gasteiger partial charge is 0.420 e. The Balaban J connectivity index is 1.70. The predicted molar refractivity (Wildman–Crippen MR) is 115 cm³/mol. The lowest BCUT2D eigenvalue weighted by molar-refractivity contribution is 0.0415. The third-order valence-electron chi connectivity index (χ3n) is 5.82. The van der Waals surface area contributed by atoms with E-state index < -0.39 is 12.0 Å². The molecule has 5 rings (SSSR count). The number of carbonyl (C=O) groups excluding carboxylic acids is 1. The van der Waals surface area contributed by atoms with E-state index in [0.717, 1.165) is 16.5 Å². The number of amides is 1. The second kappa shape index (κ2) is 7.90. The number of aromatic nitrogens is 2. The minimum Gasteiger partial charge on any atom is -0.420 e. The van der Waals surface area contributed by atoms with Gasteiger partial charge in [0, 0.05) is 29.9 Å². The van der Waals surface area contributed by atoms with Gasteiger partial charge in [-0.2, -0.15) is 5.26 Å². The summed E-state index contributed by atoms with van der Waals surface area (Å²) in [7, 11) is 0. The van der Waals surface area contributed by atoms with Gasteiger partial charge in [-0.3, -0.25) is 5.10 Å². The lowest BCUT2D eigenvalue weighted by Gasteiger charge is -2.28. The molecule has 162 valence electrons. The zero-order chi connectivity index (χ0) is 22.2. The maximum atomic E-state index is 12.9. The molecule has 0 aliphatic carbocycles. The van der Waals surface area contributed by atoms with Crippen LogP contribution in [0.25, 0.3) is 10.8 Å². The molecule has 32 heavy (non-hydrogen) atoms. The van der Waals surface area contributed by atoms with Crippen molar-refractivity contribution in [1.29, 1.82) is 5.26 Å². The van der Waals surface area contributed by atoms with Crippen molar-refractivity contribution in [3.63, 3.8) is 0 Å². The molecule has 9 nitrogen and oxygen atoms in total. The minimum absolute atomic E-state index is 0.0186. The van der Waals surface area contributed by atoms with E-state index in [9.17, 15) is 10.1 Å². The van der Waals surface area contributed by atoms with E-state index >= 15 is 0 Å². The van der Waals surface area contributed by atoms with Crippen molar-refractivity contribution in [3.8, 4) is 17.7 Å². The fraction of sp³-hybridized carbons (Fsp3) is 0.261. The standard InChI is InChI=1S/C23H21N5O4/c1-13-18-20(16(12-24)21(25)32-22(18)27-26-13)19-15-5-3-2-4-14(15)6-7-17(19)31-23(29)28-8-10-30-11-9-28/h2-7,20H,8-11,25H2,1H3,(H,26,27)/t20-/m0/s1. The molecule has 0 spiro atoms. The van der Waals surface area contributed by atoms with Crippen molar-refractivity contribution >= 4 is 16.9 Å². The fourth-order valence-corrected chi connectivity index (χ4v) is 4.25. The Morgan fingerprint density at radius 3 is 2.81 bits per heavy atom. The van der Waals surface area contributed by atoms with Crippen molar-refractivity contribution in [2.45, 2.75) is 12.8 Å². The third kappa shape index (κ3) is 3.21. The maximum Gasteiger partial charge on any atom is 0.415 e. The van der Waals surface area contributed by atoms with Crippen LogP contribution in [0.1, 0.15) is 22.7 Å². The summed E-state index contributed by atoms with van der Waals surface area (Å²) in [5.41, 5.74) is 8.44. The smallest absolute Gasteiger partial charge is 0.415 e. The van der Waals surface area contributed by atoms with E-state index in [2.05, 4.69) is 16.3 Å². The Morgan fingerprint density at radius 1 is 1.25 bits per heavy atom. The molecule has 9 heteroatoms. The van der Waals surface area contributed by atoms with Crippen LogP contribution in [0.15, 0.2) is 47.9 Å². The SMILES string of the molecule is Cc1[nH]nc2c1[C@@H](c1c(OC(=O)N3CCOCC3)ccc3ccccc13)C(C#N)=C(N)O2. The van der Waals surface area contributed by atoms with Gasteiger partial charge in [-0.05, 0) is 23.8 Å². The summed E-state index contributed by atoms with van der Waals surface area (Å²) >= 11 is 0. The highest BCUT2D eigenvalue weighted by atomic mass is 16.6. The zero-order valence-corrected chi connectivity index (χ0v) is 17.4. The van der Waals surface area contributed by atoms with Crippen LogP contribution >= 0.6 is 0 Å². The van der Waals surface area contributed by atoms with E-state index in [4.69, 9.17) is 19.9 Å². The fourth-order valence-electron chi connectivity index (χ4n) is 4.25. The summed E-state index contributed by atoms with van der Waals surface area (Å²) in [6.45, 7) is 3.70. The van der Waals surface area contributed by atoms with Gasteiger partial charge in [0.15, 0.2) is 0 Å². The van der Waals surface area contributed by atoms with Gasteiger partial charge in [-0.1, -0.05) is 30.3 Å². The number of aromatic amines is 1. The number of fused-ring (bicyclic) bond motifs is 2. The molecule has 3 N–H and O–H groups in total. The number of carbonyl (C=O) groups is 1. The van der Waals surface area contributed by atoms with Gasteiger partial charge < -0.3 is 24.8 Å². The van der Waals surface area contributed by atoms with Crippen LogP contribution in [0.2, 0.25) is 0 Å². The minimum atomic E-state index is -0.610. The summed E-state index contributed by atoms with van der Waals surface area (Å²) in [6, 6.07) is 13.6. The maximum absolute atomic E-state index is 12.9. The number of nitriles is 1. The number of nitrogens with one attached hydrogen (secondary N) is 1. The van der Waals surface area contributed by atoms with E-state index in [-0.39, 0.29) is 11.5 Å². The average Bonchev–Trinajstić information content (AvgIpc) is 3.18. The number of allylic oxidation sites excluding steroid dienone is 1. The molecule has 0 saturated carbocycles. The van der Waals surface area contributed by atoms with Crippen molar-refractivity contribution in [1.82, 2.24) is 15.1 Å². The number of hydrogen-bond donors (Lipinski definition) is 2. The van der Waals surface area contributed by atoms with Gasteiger partial charge in [0.1, 0.15) is 17.4 Å². The Bertz CT molecular complexity index is 1280. The molecule has 1 fully saturated rings. The number of rotatable bonds is 2. The molecular formula is C23H21N5O4. The van der Waals surface area contributed by atoms with Gasteiger partial charge in [0.05, 0.1) is 19.1 Å². The van der Waals surface area contributed by atoms with Gasteiger partial charge in [0.25, 0.3) is 0 Å². The molecule has 3 aromatic rings. The topological polar surface area (TPSA) is 126 Å². The van der Waals surface area contributed by atoms with Crippen LogP contribution in [0.3, 0.4) is 0 Å². The molecular weight excluding hydrogens is 410 g/mol. The first-order valence-corrected chi connectivity index (χ1v) is 10.3. The number of aryl methyl sites for hydroxylation is 1. The Hall–Kier alpha value is -4.03. The quantitative estimate of drug-likeness (QED) is 0.639. The van der Waals surface area contributed by atoms with Gasteiger partial charge in [-0.25, -0.2) is 4.79 Å². The van der Waals surface area contributed by atoms with Crippen molar-refractivity contribution in [2.24, 2.45) is 5.73 Å². The summed E-state index contributed by atoms with van der Waals surface area (Å²) in [5, 5.41) is 18.9. The van der Waals surface area contributed by atoms with Gasteiger partial charge >= 0.3 is 6.09 Å². The lowest BCUT2D eigenvalue weighted by atomic mass is 9.81. The molecule has 2 aromatic carbocycles. The van der Waals surface area contributed by atoms with Crippen LogP contribution < -0.4 is 15.2 Å². The first-order valence-electron chi connectivity index (χ1n) is 10.3. The highest BCUT2D eigenvalue weighted by Gasteiger charge is 2.37. The molecule has 3 heterocycles. The van der Waals surface area contributed by atoms with Gasteiger partial charge in [0.2, 0.25) is 11.8 Å². The number of benzene rings is 2. The molecule has 1 atom stereocenters. The highest BCUT2D eigenvalue weighted by molar-refractivity contribution is 5.90. The summed E-state index contributed by atoms with van der Waals surface area (Å²) in [6.07, 6.45) is -0.462. The number of morpholine rings is 1. The van der Waals surface area contributed by atoms with Gasteiger partial charge in [-0.15, -0.1) is 5.10 Å². The highest BCUT2D eigenvalue weighted by Crippen LogP contribution is 2.47. The second-order valence-electron chi connectivity index (χ2n) is 7.66. The summed E-state index contributed by atoms with van der Waals surface area (Å²) in [5.74, 6) is 0.0394. The van der Waals surface area contributed by atoms with Crippen LogP contribution in [-0.2, 0) is 4.74 Å². The van der Waals surface area contributed by atoms with Crippen molar-refractivity contribution in [2.75, 3.05) is 26.3 Å². The number of ether oxygens (including phenoxy) is 3. The number of nitrogens with two attached hydrogens (primary N) is 1. The van der Waals surface area contributed by atoms with Crippen LogP contribution in [0, 0.1) is 18.3 Å². The van der Waals surface area contributed by atoms with E-state index in [1.54, 1.807) is 11.0 Å². The monoisotopic (exact) mass is 431 g/mol. The first kappa shape index (κ1) is 19.9. The molecule has 0 radical (unpaired) electrons. The average molecular weight is 431 g/mol. The lowest BCUT2D eigenvalue weighted by Crippen LogP contribution is -2.42.